The fourth-order valence-corrected chi connectivity index (χ4v) is 6.27. The molecule has 0 atom stereocenters. The minimum atomic E-state index is -0.496. The molecule has 12 heteroatoms. The lowest BCUT2D eigenvalue weighted by Crippen LogP contribution is -2.22. The Balaban J connectivity index is 1.32. The van der Waals surface area contributed by atoms with E-state index in [0.29, 0.717) is 55.4 Å². The minimum absolute atomic E-state index is 0.129. The zero-order valence-electron chi connectivity index (χ0n) is 27.0. The van der Waals surface area contributed by atoms with E-state index in [1.807, 2.05) is 12.1 Å². The smallest absolute Gasteiger partial charge is 0.268 e. The van der Waals surface area contributed by atoms with Crippen LogP contribution < -0.4 is 11.1 Å². The van der Waals surface area contributed by atoms with Crippen LogP contribution in [0, 0.1) is 20.2 Å². The summed E-state index contributed by atoms with van der Waals surface area (Å²) in [6.45, 7) is 0. The van der Waals surface area contributed by atoms with Gasteiger partial charge in [-0.05, 0) is 59.7 Å². The third kappa shape index (κ3) is 5.55. The summed E-state index contributed by atoms with van der Waals surface area (Å²) in [7, 11) is 0. The Hall–Kier alpha value is -7.60. The molecule has 0 saturated heterocycles. The van der Waals surface area contributed by atoms with Crippen molar-refractivity contribution in [3.63, 3.8) is 0 Å². The van der Waals surface area contributed by atoms with Crippen molar-refractivity contribution < 1.29 is 9.85 Å². The molecule has 0 aliphatic carbocycles. The van der Waals surface area contributed by atoms with E-state index in [-0.39, 0.29) is 34.1 Å². The molecule has 0 radical (unpaired) electrons. The number of nitro groups is 2. The van der Waals surface area contributed by atoms with Gasteiger partial charge in [0.1, 0.15) is 11.6 Å². The van der Waals surface area contributed by atoms with Crippen LogP contribution in [0.2, 0.25) is 0 Å². The van der Waals surface area contributed by atoms with Gasteiger partial charge < -0.3 is 0 Å². The van der Waals surface area contributed by atoms with Gasteiger partial charge >= 0.3 is 0 Å². The molecule has 0 aliphatic heterocycles. The van der Waals surface area contributed by atoms with Crippen molar-refractivity contribution >= 4 is 33.2 Å². The molecule has 8 aromatic rings. The SMILES string of the molecule is O=c1c2cc(-c3ccc4nc(-c5cccc([N+](=O)[O-])c5)n(-c5ccccc5)c(=O)c4c3)ccc2nc(-c2cccc([N+](=O)[O-])c2)n1-c1ccccc1. The summed E-state index contributed by atoms with van der Waals surface area (Å²) in [6.07, 6.45) is 0. The molecule has 0 saturated carbocycles. The van der Waals surface area contributed by atoms with Crippen LogP contribution in [0.15, 0.2) is 155 Å². The Morgan fingerprint density at radius 1 is 0.442 bits per heavy atom. The lowest BCUT2D eigenvalue weighted by molar-refractivity contribution is -0.385. The molecule has 0 spiro atoms. The minimum Gasteiger partial charge on any atom is -0.268 e. The second-order valence-electron chi connectivity index (χ2n) is 11.9. The molecule has 0 unspecified atom stereocenters. The molecule has 0 N–H and O–H groups in total. The predicted octanol–water partition coefficient (Wildman–Crippen LogP) is 7.90. The molecule has 0 amide bonds. The van der Waals surface area contributed by atoms with Crippen LogP contribution in [0.3, 0.4) is 0 Å². The van der Waals surface area contributed by atoms with Crippen LogP contribution in [-0.2, 0) is 0 Å². The van der Waals surface area contributed by atoms with E-state index in [2.05, 4.69) is 0 Å². The molecule has 52 heavy (non-hydrogen) atoms. The third-order valence-electron chi connectivity index (χ3n) is 8.73. The average molecular weight is 685 g/mol. The maximum Gasteiger partial charge on any atom is 0.270 e. The summed E-state index contributed by atoms with van der Waals surface area (Å²) in [4.78, 5) is 60.4. The maximum absolute atomic E-state index is 14.3. The summed E-state index contributed by atoms with van der Waals surface area (Å²) >= 11 is 0. The third-order valence-corrected chi connectivity index (χ3v) is 8.73. The van der Waals surface area contributed by atoms with Gasteiger partial charge in [0.25, 0.3) is 22.5 Å². The summed E-state index contributed by atoms with van der Waals surface area (Å²) in [5.74, 6) is 0.496. The van der Waals surface area contributed by atoms with Crippen molar-refractivity contribution in [2.45, 2.75) is 0 Å². The van der Waals surface area contributed by atoms with E-state index in [1.54, 1.807) is 109 Å². The predicted molar refractivity (Wildman–Crippen MR) is 198 cm³/mol. The number of aromatic nitrogens is 4. The van der Waals surface area contributed by atoms with Crippen molar-refractivity contribution in [1.82, 2.24) is 19.1 Å². The van der Waals surface area contributed by atoms with Crippen LogP contribution in [0.25, 0.3) is 67.1 Å². The first-order valence-electron chi connectivity index (χ1n) is 16.0. The zero-order valence-corrected chi connectivity index (χ0v) is 27.0. The van der Waals surface area contributed by atoms with E-state index in [0.717, 1.165) is 0 Å². The van der Waals surface area contributed by atoms with Gasteiger partial charge in [-0.2, -0.15) is 0 Å². The van der Waals surface area contributed by atoms with Crippen LogP contribution in [0.1, 0.15) is 0 Å². The number of nitrogens with zero attached hydrogens (tertiary/aromatic N) is 6. The van der Waals surface area contributed by atoms with E-state index in [9.17, 15) is 29.8 Å². The van der Waals surface area contributed by atoms with Crippen molar-refractivity contribution in [2.24, 2.45) is 0 Å². The van der Waals surface area contributed by atoms with Crippen LogP contribution in [0.5, 0.6) is 0 Å². The second-order valence-corrected chi connectivity index (χ2v) is 11.9. The topological polar surface area (TPSA) is 156 Å². The first-order chi connectivity index (χ1) is 25.3. The largest absolute Gasteiger partial charge is 0.270 e. The number of hydrogen-bond acceptors (Lipinski definition) is 8. The van der Waals surface area contributed by atoms with Crippen LogP contribution >= 0.6 is 0 Å². The Labute approximate surface area is 293 Å². The summed E-state index contributed by atoms with van der Waals surface area (Å²) in [6, 6.07) is 40.2. The fraction of sp³-hybridized carbons (Fsp3) is 0. The van der Waals surface area contributed by atoms with Gasteiger partial charge in [-0.25, -0.2) is 9.97 Å². The molecule has 250 valence electrons. The average Bonchev–Trinajstić information content (AvgIpc) is 3.18. The molecule has 0 fully saturated rings. The number of hydrogen-bond donors (Lipinski definition) is 0. The normalized spacial score (nSPS) is 11.2. The number of rotatable bonds is 7. The molecular weight excluding hydrogens is 660 g/mol. The van der Waals surface area contributed by atoms with Crippen LogP contribution in [0.4, 0.5) is 11.4 Å². The van der Waals surface area contributed by atoms with Crippen molar-refractivity contribution in [1.29, 1.82) is 0 Å². The Morgan fingerprint density at radius 2 is 0.846 bits per heavy atom. The van der Waals surface area contributed by atoms with Gasteiger partial charge in [-0.15, -0.1) is 0 Å². The van der Waals surface area contributed by atoms with E-state index in [4.69, 9.17) is 9.97 Å². The summed E-state index contributed by atoms with van der Waals surface area (Å²) < 4.78 is 2.87. The van der Waals surface area contributed by atoms with Gasteiger partial charge in [0, 0.05) is 35.4 Å². The molecule has 8 rings (SSSR count). The molecule has 2 heterocycles. The lowest BCUT2D eigenvalue weighted by Gasteiger charge is -2.15. The monoisotopic (exact) mass is 684 g/mol. The highest BCUT2D eigenvalue weighted by Crippen LogP contribution is 2.30. The van der Waals surface area contributed by atoms with Gasteiger partial charge in [0.15, 0.2) is 0 Å². The van der Waals surface area contributed by atoms with Crippen molar-refractivity contribution in [3.8, 4) is 45.3 Å². The lowest BCUT2D eigenvalue weighted by atomic mass is 10.0. The van der Waals surface area contributed by atoms with E-state index in [1.165, 1.54) is 33.4 Å². The standard InChI is InChI=1S/C40H24N6O6/c47-39-33-23-25(17-19-35(33)41-37(43(39)29-11-3-1-4-12-29)27-9-7-15-31(21-27)45(49)50)26-18-20-36-34(24-26)40(48)44(30-13-5-2-6-14-30)38(42-36)28-10-8-16-32(22-28)46(51)52/h1-24H. The quantitative estimate of drug-likeness (QED) is 0.121. The Morgan fingerprint density at radius 3 is 1.23 bits per heavy atom. The number of para-hydroxylation sites is 2. The van der Waals surface area contributed by atoms with Gasteiger partial charge in [-0.1, -0.05) is 72.8 Å². The fourth-order valence-electron chi connectivity index (χ4n) is 6.27. The maximum atomic E-state index is 14.3. The van der Waals surface area contributed by atoms with Gasteiger partial charge in [0.05, 0.1) is 43.0 Å². The van der Waals surface area contributed by atoms with Crippen molar-refractivity contribution in [2.75, 3.05) is 0 Å². The summed E-state index contributed by atoms with van der Waals surface area (Å²) in [5.41, 5.74) is 2.92. The number of nitro benzene ring substituents is 2. The van der Waals surface area contributed by atoms with Crippen LogP contribution in [-0.4, -0.2) is 28.9 Å². The number of fused-ring (bicyclic) bond motifs is 2. The van der Waals surface area contributed by atoms with E-state index >= 15 is 0 Å². The summed E-state index contributed by atoms with van der Waals surface area (Å²) in [5, 5.41) is 23.7. The second kappa shape index (κ2) is 12.7. The van der Waals surface area contributed by atoms with Gasteiger partial charge in [0.2, 0.25) is 0 Å². The highest BCUT2D eigenvalue weighted by Gasteiger charge is 2.20. The number of benzene rings is 6. The molecule has 6 aromatic carbocycles. The first-order valence-corrected chi connectivity index (χ1v) is 16.0. The molecule has 12 nitrogen and oxygen atoms in total. The van der Waals surface area contributed by atoms with Crippen molar-refractivity contribution in [3.05, 3.63) is 187 Å². The Kier molecular flexibility index (Phi) is 7.73. The first kappa shape index (κ1) is 31.7. The van der Waals surface area contributed by atoms with E-state index < -0.39 is 9.85 Å². The Bertz CT molecular complexity index is 2660. The number of non-ortho nitro benzene ring substituents is 2. The molecule has 0 bridgehead atoms. The zero-order chi connectivity index (χ0) is 35.9. The molecular formula is C40H24N6O6. The highest BCUT2D eigenvalue weighted by atomic mass is 16.6. The highest BCUT2D eigenvalue weighted by molar-refractivity contribution is 5.90. The molecule has 0 aliphatic rings. The molecule has 2 aromatic heterocycles. The van der Waals surface area contributed by atoms with Gasteiger partial charge in [-0.3, -0.25) is 39.0 Å².